The molecule has 0 aliphatic carbocycles. The van der Waals surface area contributed by atoms with Crippen molar-refractivity contribution in [3.05, 3.63) is 0 Å². The molecule has 2 unspecified atom stereocenters. The molecule has 0 spiro atoms. The Morgan fingerprint density at radius 2 is 1.55 bits per heavy atom. The fourth-order valence-corrected chi connectivity index (χ4v) is 1.98. The number of hydrogen-bond acceptors (Lipinski definition) is 5. The Labute approximate surface area is 120 Å². The van der Waals surface area contributed by atoms with Gasteiger partial charge in [-0.05, 0) is 48.0 Å². The lowest BCUT2D eigenvalue weighted by Gasteiger charge is -2.29. The Balaban J connectivity index is 2.78. The molecule has 1 fully saturated rings. The highest BCUT2D eigenvalue weighted by molar-refractivity contribution is 5.82. The Bertz CT molecular complexity index is 346. The zero-order valence-electron chi connectivity index (χ0n) is 13.2. The molecule has 2 atom stereocenters. The van der Waals surface area contributed by atoms with Crippen LogP contribution >= 0.6 is 0 Å². The minimum Gasteiger partial charge on any atom is -0.458 e. The van der Waals surface area contributed by atoms with Crippen molar-refractivity contribution in [1.29, 1.82) is 0 Å². The molecule has 1 heterocycles. The topological polar surface area (TPSA) is 81.9 Å². The van der Waals surface area contributed by atoms with Gasteiger partial charge in [0, 0.05) is 12.6 Å². The summed E-state index contributed by atoms with van der Waals surface area (Å²) in [5.74, 6) is -0.434. The van der Waals surface area contributed by atoms with Crippen LogP contribution in [-0.2, 0) is 14.3 Å². The Hall–Kier alpha value is -1.30. The van der Waals surface area contributed by atoms with E-state index < -0.39 is 29.3 Å². The van der Waals surface area contributed by atoms with Gasteiger partial charge in [0.25, 0.3) is 0 Å². The number of hydrogen-bond donors (Lipinski definition) is 1. The molecule has 0 aromatic heterocycles. The largest absolute Gasteiger partial charge is 0.458 e. The summed E-state index contributed by atoms with van der Waals surface area (Å²) in [6, 6.07) is -0.904. The minimum absolute atomic E-state index is 0.236. The van der Waals surface area contributed by atoms with Gasteiger partial charge in [-0.15, -0.1) is 0 Å². The zero-order chi connectivity index (χ0) is 15.7. The predicted octanol–water partition coefficient (Wildman–Crippen LogP) is 1.66. The second kappa shape index (κ2) is 5.60. The highest BCUT2D eigenvalue weighted by Crippen LogP contribution is 2.23. The van der Waals surface area contributed by atoms with Crippen molar-refractivity contribution in [1.82, 2.24) is 4.90 Å². The van der Waals surface area contributed by atoms with E-state index in [-0.39, 0.29) is 6.04 Å². The van der Waals surface area contributed by atoms with Crippen LogP contribution in [-0.4, -0.2) is 46.8 Å². The third kappa shape index (κ3) is 5.00. The van der Waals surface area contributed by atoms with E-state index in [1.54, 1.807) is 41.5 Å². The Morgan fingerprint density at radius 3 is 2.00 bits per heavy atom. The van der Waals surface area contributed by atoms with E-state index in [4.69, 9.17) is 15.2 Å². The van der Waals surface area contributed by atoms with E-state index in [1.807, 2.05) is 0 Å². The first-order valence-electron chi connectivity index (χ1n) is 6.87. The smallest absolute Gasteiger partial charge is 0.411 e. The molecule has 2 N–H and O–H groups in total. The fourth-order valence-electron chi connectivity index (χ4n) is 1.98. The molecule has 0 radical (unpaired) electrons. The van der Waals surface area contributed by atoms with Gasteiger partial charge in [0.15, 0.2) is 0 Å². The SMILES string of the molecule is CC(C)(C)OC(=O)C1CC(N)CN1C(=O)OC(C)(C)C. The molecule has 20 heavy (non-hydrogen) atoms. The number of carbonyl (C=O) groups excluding carboxylic acids is 2. The number of nitrogens with two attached hydrogens (primary N) is 1. The summed E-state index contributed by atoms with van der Waals surface area (Å²) in [6.07, 6.45) is -0.130. The van der Waals surface area contributed by atoms with Gasteiger partial charge in [-0.25, -0.2) is 9.59 Å². The molecule has 6 heteroatoms. The number of rotatable bonds is 1. The van der Waals surface area contributed by atoms with Crippen LogP contribution in [0.4, 0.5) is 4.79 Å². The first-order chi connectivity index (χ1) is 8.89. The summed E-state index contributed by atoms with van der Waals surface area (Å²) >= 11 is 0. The monoisotopic (exact) mass is 286 g/mol. The molecule has 6 nitrogen and oxygen atoms in total. The van der Waals surface area contributed by atoms with Crippen LogP contribution in [0.5, 0.6) is 0 Å². The van der Waals surface area contributed by atoms with Crippen LogP contribution in [0.25, 0.3) is 0 Å². The average Bonchev–Trinajstić information content (AvgIpc) is 2.55. The highest BCUT2D eigenvalue weighted by Gasteiger charge is 2.42. The standard InChI is InChI=1S/C14H26N2O4/c1-13(2,3)19-11(17)10-7-9(15)8-16(10)12(18)20-14(4,5)6/h9-10H,7-8,15H2,1-6H3. The molecule has 1 saturated heterocycles. The summed E-state index contributed by atoms with van der Waals surface area (Å²) in [4.78, 5) is 25.7. The van der Waals surface area contributed by atoms with Gasteiger partial charge >= 0.3 is 12.1 Å². The van der Waals surface area contributed by atoms with E-state index in [1.165, 1.54) is 4.90 Å². The molecule has 0 aromatic rings. The summed E-state index contributed by atoms with van der Waals surface area (Å²) in [5, 5.41) is 0. The number of ether oxygens (including phenoxy) is 2. The van der Waals surface area contributed by atoms with E-state index in [9.17, 15) is 9.59 Å². The Morgan fingerprint density at radius 1 is 1.05 bits per heavy atom. The molecule has 1 amide bonds. The second-order valence-corrected chi connectivity index (χ2v) is 7.18. The Kier molecular flexibility index (Phi) is 4.69. The van der Waals surface area contributed by atoms with E-state index in [2.05, 4.69) is 0 Å². The fraction of sp³-hybridized carbons (Fsp3) is 0.857. The lowest BCUT2D eigenvalue weighted by atomic mass is 10.1. The van der Waals surface area contributed by atoms with Gasteiger partial charge in [0.2, 0.25) is 0 Å². The number of carbonyl (C=O) groups is 2. The van der Waals surface area contributed by atoms with Crippen LogP contribution in [0.1, 0.15) is 48.0 Å². The van der Waals surface area contributed by atoms with Crippen molar-refractivity contribution in [2.45, 2.75) is 71.2 Å². The lowest BCUT2D eigenvalue weighted by Crippen LogP contribution is -2.45. The van der Waals surface area contributed by atoms with Crippen molar-refractivity contribution in [3.63, 3.8) is 0 Å². The number of likely N-dealkylation sites (tertiary alicyclic amines) is 1. The van der Waals surface area contributed by atoms with Crippen LogP contribution in [0, 0.1) is 0 Å². The van der Waals surface area contributed by atoms with Gasteiger partial charge in [-0.2, -0.15) is 0 Å². The van der Waals surface area contributed by atoms with Crippen molar-refractivity contribution >= 4 is 12.1 Å². The molecular formula is C14H26N2O4. The van der Waals surface area contributed by atoms with Crippen molar-refractivity contribution in [2.75, 3.05) is 6.54 Å². The molecule has 116 valence electrons. The third-order valence-electron chi connectivity index (χ3n) is 2.64. The predicted molar refractivity (Wildman–Crippen MR) is 75.2 cm³/mol. The molecule has 1 aliphatic heterocycles. The minimum atomic E-state index is -0.668. The normalized spacial score (nSPS) is 23.6. The molecule has 0 saturated carbocycles. The van der Waals surface area contributed by atoms with E-state index in [0.717, 1.165) is 0 Å². The highest BCUT2D eigenvalue weighted by atomic mass is 16.6. The van der Waals surface area contributed by atoms with Gasteiger partial charge in [-0.3, -0.25) is 4.90 Å². The summed E-state index contributed by atoms with van der Waals surface area (Å²) in [5.41, 5.74) is 4.66. The average molecular weight is 286 g/mol. The summed E-state index contributed by atoms with van der Waals surface area (Å²) < 4.78 is 10.6. The zero-order valence-corrected chi connectivity index (χ0v) is 13.2. The first-order valence-corrected chi connectivity index (χ1v) is 6.87. The first kappa shape index (κ1) is 16.8. The van der Waals surface area contributed by atoms with Crippen LogP contribution in [0.3, 0.4) is 0 Å². The second-order valence-electron chi connectivity index (χ2n) is 7.18. The van der Waals surface area contributed by atoms with Crippen molar-refractivity contribution < 1.29 is 19.1 Å². The van der Waals surface area contributed by atoms with E-state index in [0.29, 0.717) is 13.0 Å². The number of nitrogens with zero attached hydrogens (tertiary/aromatic N) is 1. The number of esters is 1. The number of amides is 1. The maximum absolute atomic E-state index is 12.2. The van der Waals surface area contributed by atoms with Gasteiger partial charge in [-0.1, -0.05) is 0 Å². The van der Waals surface area contributed by atoms with Crippen LogP contribution in [0.15, 0.2) is 0 Å². The maximum atomic E-state index is 12.2. The van der Waals surface area contributed by atoms with E-state index >= 15 is 0 Å². The summed E-state index contributed by atoms with van der Waals surface area (Å²) in [6.45, 7) is 11.0. The van der Waals surface area contributed by atoms with Crippen LogP contribution in [0.2, 0.25) is 0 Å². The molecule has 1 aliphatic rings. The van der Waals surface area contributed by atoms with Crippen molar-refractivity contribution in [3.8, 4) is 0 Å². The quantitative estimate of drug-likeness (QED) is 0.741. The van der Waals surface area contributed by atoms with Gasteiger partial charge in [0.1, 0.15) is 17.2 Å². The third-order valence-corrected chi connectivity index (χ3v) is 2.64. The summed E-state index contributed by atoms with van der Waals surface area (Å²) in [7, 11) is 0. The van der Waals surface area contributed by atoms with Gasteiger partial charge in [0.05, 0.1) is 0 Å². The molecular weight excluding hydrogens is 260 g/mol. The molecule has 0 aromatic carbocycles. The van der Waals surface area contributed by atoms with Crippen molar-refractivity contribution in [2.24, 2.45) is 5.73 Å². The maximum Gasteiger partial charge on any atom is 0.411 e. The lowest BCUT2D eigenvalue weighted by molar-refractivity contribution is -0.160. The molecule has 0 bridgehead atoms. The molecule has 1 rings (SSSR count). The van der Waals surface area contributed by atoms with Gasteiger partial charge < -0.3 is 15.2 Å². The van der Waals surface area contributed by atoms with Crippen LogP contribution < -0.4 is 5.73 Å².